The molecule has 2 N–H and O–H groups in total. The fourth-order valence-electron chi connectivity index (χ4n) is 2.82. The molecule has 0 heterocycles. The standard InChI is InChI=1S/C18H19F2NO2/c1-10-5-4-6-11(2)17(10)12-7-13(18(20)14(19)8-12)15(21-3)9-16(22)23/h4-8,15,21H,9H2,1-3H3,(H,22,23). The van der Waals surface area contributed by atoms with Crippen LogP contribution >= 0.6 is 0 Å². The molecular formula is C18H19F2NO2. The minimum atomic E-state index is -1.08. The van der Waals surface area contributed by atoms with Crippen molar-refractivity contribution in [1.29, 1.82) is 0 Å². The number of benzene rings is 2. The summed E-state index contributed by atoms with van der Waals surface area (Å²) in [6, 6.07) is 7.58. The number of rotatable bonds is 5. The Labute approximate surface area is 134 Å². The average Bonchev–Trinajstić information content (AvgIpc) is 2.48. The molecule has 0 aliphatic rings. The number of carbonyl (C=O) groups is 1. The lowest BCUT2D eigenvalue weighted by Crippen LogP contribution is -2.21. The van der Waals surface area contributed by atoms with Gasteiger partial charge in [-0.2, -0.15) is 0 Å². The highest BCUT2D eigenvalue weighted by Gasteiger charge is 2.22. The molecule has 0 amide bonds. The van der Waals surface area contributed by atoms with Crippen LogP contribution < -0.4 is 5.32 Å². The Morgan fingerprint density at radius 3 is 2.35 bits per heavy atom. The van der Waals surface area contributed by atoms with Crippen LogP contribution in [-0.4, -0.2) is 18.1 Å². The Morgan fingerprint density at radius 1 is 1.22 bits per heavy atom. The van der Waals surface area contributed by atoms with Gasteiger partial charge in [0.05, 0.1) is 6.42 Å². The monoisotopic (exact) mass is 319 g/mol. The third-order valence-corrected chi connectivity index (χ3v) is 3.93. The smallest absolute Gasteiger partial charge is 0.305 e. The maximum absolute atomic E-state index is 14.2. The van der Waals surface area contributed by atoms with Gasteiger partial charge in [0, 0.05) is 11.6 Å². The van der Waals surface area contributed by atoms with Crippen LogP contribution in [0.5, 0.6) is 0 Å². The molecule has 2 aromatic rings. The van der Waals surface area contributed by atoms with Gasteiger partial charge in [-0.05, 0) is 55.3 Å². The molecule has 0 radical (unpaired) electrons. The highest BCUT2D eigenvalue weighted by atomic mass is 19.2. The molecule has 3 nitrogen and oxygen atoms in total. The number of aliphatic carboxylic acids is 1. The number of hydrogen-bond donors (Lipinski definition) is 2. The van der Waals surface area contributed by atoms with Crippen LogP contribution in [0, 0.1) is 25.5 Å². The number of carboxylic acids is 1. The zero-order valence-corrected chi connectivity index (χ0v) is 13.3. The molecule has 0 saturated carbocycles. The number of hydrogen-bond acceptors (Lipinski definition) is 2. The second-order valence-corrected chi connectivity index (χ2v) is 5.57. The van der Waals surface area contributed by atoms with E-state index in [0.717, 1.165) is 22.8 Å². The van der Waals surface area contributed by atoms with Crippen LogP contribution in [0.4, 0.5) is 8.78 Å². The molecule has 0 aliphatic carbocycles. The van der Waals surface area contributed by atoms with Crippen molar-refractivity contribution in [2.75, 3.05) is 7.05 Å². The predicted octanol–water partition coefficient (Wildman–Crippen LogP) is 3.98. The molecule has 0 fully saturated rings. The van der Waals surface area contributed by atoms with Crippen LogP contribution in [0.2, 0.25) is 0 Å². The zero-order valence-electron chi connectivity index (χ0n) is 13.3. The van der Waals surface area contributed by atoms with E-state index >= 15 is 0 Å². The Kier molecular flexibility index (Phi) is 5.11. The maximum Gasteiger partial charge on any atom is 0.305 e. The lowest BCUT2D eigenvalue weighted by atomic mass is 9.92. The molecule has 1 unspecified atom stereocenters. The number of halogens is 2. The molecule has 23 heavy (non-hydrogen) atoms. The third-order valence-electron chi connectivity index (χ3n) is 3.93. The molecule has 122 valence electrons. The van der Waals surface area contributed by atoms with E-state index in [2.05, 4.69) is 5.32 Å². The lowest BCUT2D eigenvalue weighted by molar-refractivity contribution is -0.137. The molecule has 0 bridgehead atoms. The van der Waals surface area contributed by atoms with E-state index in [1.165, 1.54) is 13.1 Å². The quantitative estimate of drug-likeness (QED) is 0.876. The van der Waals surface area contributed by atoms with Gasteiger partial charge in [-0.3, -0.25) is 4.79 Å². The van der Waals surface area contributed by atoms with Crippen molar-refractivity contribution in [1.82, 2.24) is 5.32 Å². The van der Waals surface area contributed by atoms with Crippen LogP contribution in [0.25, 0.3) is 11.1 Å². The van der Waals surface area contributed by atoms with E-state index in [1.54, 1.807) is 0 Å². The molecule has 0 aliphatic heterocycles. The van der Waals surface area contributed by atoms with Crippen LogP contribution in [0.15, 0.2) is 30.3 Å². The molecule has 1 atom stereocenters. The molecule has 2 aromatic carbocycles. The lowest BCUT2D eigenvalue weighted by Gasteiger charge is -2.18. The summed E-state index contributed by atoms with van der Waals surface area (Å²) in [6.07, 6.45) is -0.330. The molecular weight excluding hydrogens is 300 g/mol. The number of nitrogens with one attached hydrogen (secondary N) is 1. The normalized spacial score (nSPS) is 12.2. The average molecular weight is 319 g/mol. The van der Waals surface area contributed by atoms with E-state index in [-0.39, 0.29) is 12.0 Å². The van der Waals surface area contributed by atoms with Gasteiger partial charge in [0.2, 0.25) is 0 Å². The Morgan fingerprint density at radius 2 is 1.83 bits per heavy atom. The highest BCUT2D eigenvalue weighted by molar-refractivity contribution is 5.72. The van der Waals surface area contributed by atoms with Gasteiger partial charge < -0.3 is 10.4 Å². The second-order valence-electron chi connectivity index (χ2n) is 5.57. The summed E-state index contributed by atoms with van der Waals surface area (Å²) in [7, 11) is 1.52. The number of carboxylic acid groups (broad SMARTS) is 1. The zero-order chi connectivity index (χ0) is 17.1. The van der Waals surface area contributed by atoms with Crippen molar-refractivity contribution in [3.8, 4) is 11.1 Å². The molecule has 2 rings (SSSR count). The van der Waals surface area contributed by atoms with Crippen molar-refractivity contribution in [2.45, 2.75) is 26.3 Å². The van der Waals surface area contributed by atoms with Crippen molar-refractivity contribution < 1.29 is 18.7 Å². The maximum atomic E-state index is 14.2. The highest BCUT2D eigenvalue weighted by Crippen LogP contribution is 2.32. The molecule has 5 heteroatoms. The van der Waals surface area contributed by atoms with E-state index < -0.39 is 23.6 Å². The number of aryl methyl sites for hydroxylation is 2. The molecule has 0 aromatic heterocycles. The van der Waals surface area contributed by atoms with Crippen molar-refractivity contribution in [3.05, 3.63) is 58.7 Å². The summed E-state index contributed by atoms with van der Waals surface area (Å²) in [4.78, 5) is 10.9. The van der Waals surface area contributed by atoms with E-state index in [0.29, 0.717) is 5.56 Å². The van der Waals surface area contributed by atoms with Crippen LogP contribution in [0.3, 0.4) is 0 Å². The van der Waals surface area contributed by atoms with Gasteiger partial charge in [0.25, 0.3) is 0 Å². The van der Waals surface area contributed by atoms with Crippen molar-refractivity contribution in [2.24, 2.45) is 0 Å². The van der Waals surface area contributed by atoms with Gasteiger partial charge in [-0.15, -0.1) is 0 Å². The van der Waals surface area contributed by atoms with Gasteiger partial charge >= 0.3 is 5.97 Å². The van der Waals surface area contributed by atoms with Gasteiger partial charge in [0.1, 0.15) is 0 Å². The fraction of sp³-hybridized carbons (Fsp3) is 0.278. The topological polar surface area (TPSA) is 49.3 Å². The first-order chi connectivity index (χ1) is 10.8. The Balaban J connectivity index is 2.62. The predicted molar refractivity (Wildman–Crippen MR) is 85.3 cm³/mol. The van der Waals surface area contributed by atoms with E-state index in [4.69, 9.17) is 5.11 Å². The fourth-order valence-corrected chi connectivity index (χ4v) is 2.82. The van der Waals surface area contributed by atoms with Crippen LogP contribution in [0.1, 0.15) is 29.2 Å². The molecule has 0 spiro atoms. The summed E-state index contributed by atoms with van der Waals surface area (Å²) < 4.78 is 28.3. The Hall–Kier alpha value is -2.27. The first-order valence-corrected chi connectivity index (χ1v) is 7.29. The van der Waals surface area contributed by atoms with Crippen LogP contribution in [-0.2, 0) is 4.79 Å². The third kappa shape index (κ3) is 3.56. The summed E-state index contributed by atoms with van der Waals surface area (Å²) >= 11 is 0. The summed E-state index contributed by atoms with van der Waals surface area (Å²) in [5.41, 5.74) is 3.29. The second kappa shape index (κ2) is 6.87. The van der Waals surface area contributed by atoms with Crippen molar-refractivity contribution in [3.63, 3.8) is 0 Å². The first kappa shape index (κ1) is 17.1. The molecule has 0 saturated heterocycles. The summed E-state index contributed by atoms with van der Waals surface area (Å²) in [5, 5.41) is 11.7. The van der Waals surface area contributed by atoms with Gasteiger partial charge in [0.15, 0.2) is 11.6 Å². The first-order valence-electron chi connectivity index (χ1n) is 7.29. The van der Waals surface area contributed by atoms with E-state index in [9.17, 15) is 13.6 Å². The summed E-state index contributed by atoms with van der Waals surface area (Å²) in [6.45, 7) is 3.80. The summed E-state index contributed by atoms with van der Waals surface area (Å²) in [5.74, 6) is -3.08. The minimum absolute atomic E-state index is 0.0209. The SMILES string of the molecule is CNC(CC(=O)O)c1cc(-c2c(C)cccc2C)cc(F)c1F. The Bertz CT molecular complexity index is 724. The minimum Gasteiger partial charge on any atom is -0.481 e. The van der Waals surface area contributed by atoms with Gasteiger partial charge in [-0.25, -0.2) is 8.78 Å². The van der Waals surface area contributed by atoms with Gasteiger partial charge in [-0.1, -0.05) is 18.2 Å². The van der Waals surface area contributed by atoms with Crippen molar-refractivity contribution >= 4 is 5.97 Å². The van der Waals surface area contributed by atoms with E-state index in [1.807, 2.05) is 32.0 Å². The largest absolute Gasteiger partial charge is 0.481 e.